The molecule has 0 unspecified atom stereocenters. The second kappa shape index (κ2) is 9.65. The van der Waals surface area contributed by atoms with Crippen LogP contribution in [0.1, 0.15) is 78.6 Å². The van der Waals surface area contributed by atoms with Gasteiger partial charge in [-0.05, 0) is 40.0 Å². The van der Waals surface area contributed by atoms with Crippen molar-refractivity contribution in [3.63, 3.8) is 0 Å². The van der Waals surface area contributed by atoms with E-state index in [1.165, 1.54) is 37.0 Å². The van der Waals surface area contributed by atoms with Crippen LogP contribution in [-0.4, -0.2) is 29.0 Å². The molecule has 1 aliphatic heterocycles. The smallest absolute Gasteiger partial charge is 0.417 e. The number of carbonyl (C=O) groups is 2. The number of carbonyl (C=O) groups excluding carboxylic acids is 2. The summed E-state index contributed by atoms with van der Waals surface area (Å²) in [6.45, 7) is 5.76. The average molecular weight is 309 g/mol. The van der Waals surface area contributed by atoms with E-state index in [1.54, 1.807) is 0 Å². The maximum Gasteiger partial charge on any atom is 0.417 e. The van der Waals surface area contributed by atoms with Gasteiger partial charge in [0.15, 0.2) is 0 Å². The summed E-state index contributed by atoms with van der Waals surface area (Å²) in [7, 11) is 0. The average Bonchev–Trinajstić information content (AvgIpc) is 2.41. The van der Waals surface area contributed by atoms with Crippen LogP contribution in [0.25, 0.3) is 0 Å². The van der Waals surface area contributed by atoms with Crippen molar-refractivity contribution in [2.75, 3.05) is 6.54 Å². The van der Waals surface area contributed by atoms with Crippen molar-refractivity contribution in [1.82, 2.24) is 4.90 Å². The van der Waals surface area contributed by atoms with Crippen molar-refractivity contribution >= 4 is 12.0 Å². The van der Waals surface area contributed by atoms with Crippen molar-refractivity contribution in [3.05, 3.63) is 12.2 Å². The van der Waals surface area contributed by atoms with Gasteiger partial charge in [0.2, 0.25) is 5.91 Å². The Morgan fingerprint density at radius 3 is 2.23 bits per heavy atom. The first-order valence-corrected chi connectivity index (χ1v) is 8.58. The monoisotopic (exact) mass is 309 g/mol. The second-order valence-electron chi connectivity index (χ2n) is 6.97. The Kier molecular flexibility index (Phi) is 8.21. The van der Waals surface area contributed by atoms with Crippen molar-refractivity contribution < 1.29 is 14.3 Å². The third kappa shape index (κ3) is 8.20. The molecule has 0 atom stereocenters. The number of amides is 2. The van der Waals surface area contributed by atoms with Gasteiger partial charge in [-0.2, -0.15) is 0 Å². The van der Waals surface area contributed by atoms with Crippen LogP contribution >= 0.6 is 0 Å². The van der Waals surface area contributed by atoms with E-state index in [-0.39, 0.29) is 5.91 Å². The van der Waals surface area contributed by atoms with Crippen molar-refractivity contribution in [3.8, 4) is 0 Å². The predicted molar refractivity (Wildman–Crippen MR) is 88.6 cm³/mol. The summed E-state index contributed by atoms with van der Waals surface area (Å²) in [5.74, 6) is -0.129. The van der Waals surface area contributed by atoms with Crippen LogP contribution in [-0.2, 0) is 9.53 Å². The molecule has 0 aromatic rings. The highest BCUT2D eigenvalue weighted by Crippen LogP contribution is 2.14. The summed E-state index contributed by atoms with van der Waals surface area (Å²) in [5, 5.41) is 0. The number of hydrogen-bond acceptors (Lipinski definition) is 3. The molecule has 0 radical (unpaired) electrons. The first kappa shape index (κ1) is 18.7. The van der Waals surface area contributed by atoms with Gasteiger partial charge in [0, 0.05) is 6.42 Å². The molecule has 0 aliphatic carbocycles. The van der Waals surface area contributed by atoms with Crippen LogP contribution in [0.4, 0.5) is 4.79 Å². The molecule has 0 aromatic heterocycles. The molecule has 2 amide bonds. The van der Waals surface area contributed by atoms with Crippen LogP contribution in [0.15, 0.2) is 12.2 Å². The minimum absolute atomic E-state index is 0.129. The number of imide groups is 1. The van der Waals surface area contributed by atoms with E-state index >= 15 is 0 Å². The standard InChI is InChI=1S/C18H31NO3/c1-18(2,3)22-17(21)19-15-13-11-9-7-5-4-6-8-10-12-14-16(19)20/h11,13H,4-10,12,14-15H2,1-3H3/b13-11+. The minimum atomic E-state index is -0.583. The van der Waals surface area contributed by atoms with Gasteiger partial charge in [-0.3, -0.25) is 4.79 Å². The molecule has 1 heterocycles. The molecular formula is C18H31NO3. The number of ether oxygens (including phenoxy) is 1. The first-order chi connectivity index (χ1) is 10.4. The molecule has 0 saturated heterocycles. The Balaban J connectivity index is 2.67. The molecule has 1 aliphatic rings. The van der Waals surface area contributed by atoms with Gasteiger partial charge < -0.3 is 4.74 Å². The van der Waals surface area contributed by atoms with E-state index in [0.29, 0.717) is 13.0 Å². The van der Waals surface area contributed by atoms with Crippen molar-refractivity contribution in [2.45, 2.75) is 84.2 Å². The molecule has 0 spiro atoms. The molecule has 22 heavy (non-hydrogen) atoms. The van der Waals surface area contributed by atoms with Crippen molar-refractivity contribution in [1.29, 1.82) is 0 Å². The normalized spacial score (nSPS) is 21.0. The summed E-state index contributed by atoms with van der Waals surface area (Å²) in [5.41, 5.74) is -0.583. The molecular weight excluding hydrogens is 278 g/mol. The molecule has 0 N–H and O–H groups in total. The van der Waals surface area contributed by atoms with E-state index < -0.39 is 11.7 Å². The zero-order valence-electron chi connectivity index (χ0n) is 14.4. The van der Waals surface area contributed by atoms with E-state index in [0.717, 1.165) is 19.3 Å². The summed E-state index contributed by atoms with van der Waals surface area (Å²) in [6, 6.07) is 0. The van der Waals surface area contributed by atoms with E-state index in [1.807, 2.05) is 26.8 Å². The highest BCUT2D eigenvalue weighted by molar-refractivity contribution is 5.92. The summed E-state index contributed by atoms with van der Waals surface area (Å²) in [4.78, 5) is 25.8. The van der Waals surface area contributed by atoms with E-state index in [9.17, 15) is 9.59 Å². The molecule has 0 bridgehead atoms. The Hall–Kier alpha value is -1.32. The van der Waals surface area contributed by atoms with E-state index in [4.69, 9.17) is 4.74 Å². The van der Waals surface area contributed by atoms with Gasteiger partial charge in [-0.25, -0.2) is 9.69 Å². The lowest BCUT2D eigenvalue weighted by Crippen LogP contribution is -2.40. The third-order valence-electron chi connectivity index (χ3n) is 3.63. The van der Waals surface area contributed by atoms with Crippen LogP contribution < -0.4 is 0 Å². The molecule has 0 saturated carbocycles. The summed E-state index contributed by atoms with van der Waals surface area (Å²) in [6.07, 6.45) is 12.9. The zero-order chi connectivity index (χ0) is 16.4. The fraction of sp³-hybridized carbons (Fsp3) is 0.778. The van der Waals surface area contributed by atoms with Crippen LogP contribution in [0.3, 0.4) is 0 Å². The van der Waals surface area contributed by atoms with E-state index in [2.05, 4.69) is 6.08 Å². The maximum absolute atomic E-state index is 12.3. The lowest BCUT2D eigenvalue weighted by atomic mass is 10.1. The third-order valence-corrected chi connectivity index (χ3v) is 3.63. The van der Waals surface area contributed by atoms with Gasteiger partial charge in [0.25, 0.3) is 0 Å². The highest BCUT2D eigenvalue weighted by atomic mass is 16.6. The number of hydrogen-bond donors (Lipinski definition) is 0. The van der Waals surface area contributed by atoms with Crippen LogP contribution in [0.2, 0.25) is 0 Å². The lowest BCUT2D eigenvalue weighted by Gasteiger charge is -2.25. The van der Waals surface area contributed by atoms with Gasteiger partial charge in [-0.15, -0.1) is 0 Å². The Morgan fingerprint density at radius 2 is 1.59 bits per heavy atom. The summed E-state index contributed by atoms with van der Waals surface area (Å²) < 4.78 is 5.35. The highest BCUT2D eigenvalue weighted by Gasteiger charge is 2.25. The van der Waals surface area contributed by atoms with Crippen LogP contribution in [0.5, 0.6) is 0 Å². The number of nitrogens with zero attached hydrogens (tertiary/aromatic N) is 1. The molecule has 1 rings (SSSR count). The van der Waals surface area contributed by atoms with Crippen LogP contribution in [0, 0.1) is 0 Å². The fourth-order valence-electron chi connectivity index (χ4n) is 2.45. The molecule has 0 fully saturated rings. The topological polar surface area (TPSA) is 46.6 Å². The van der Waals surface area contributed by atoms with Gasteiger partial charge in [0.05, 0.1) is 6.54 Å². The van der Waals surface area contributed by atoms with Gasteiger partial charge in [-0.1, -0.05) is 44.3 Å². The Morgan fingerprint density at radius 1 is 1.00 bits per heavy atom. The largest absolute Gasteiger partial charge is 0.443 e. The molecule has 4 heteroatoms. The zero-order valence-corrected chi connectivity index (χ0v) is 14.4. The lowest BCUT2D eigenvalue weighted by molar-refractivity contribution is -0.130. The Labute approximate surface area is 134 Å². The van der Waals surface area contributed by atoms with Gasteiger partial charge >= 0.3 is 6.09 Å². The second-order valence-corrected chi connectivity index (χ2v) is 6.97. The van der Waals surface area contributed by atoms with Gasteiger partial charge in [0.1, 0.15) is 5.60 Å². The summed E-state index contributed by atoms with van der Waals surface area (Å²) >= 11 is 0. The number of rotatable bonds is 0. The SMILES string of the molecule is CC(C)(C)OC(=O)N1C/C=C/CCCCCCCCCC1=O. The number of allylic oxidation sites excluding steroid dienone is 1. The first-order valence-electron chi connectivity index (χ1n) is 8.58. The minimum Gasteiger partial charge on any atom is -0.443 e. The molecule has 4 nitrogen and oxygen atoms in total. The van der Waals surface area contributed by atoms with Crippen molar-refractivity contribution in [2.24, 2.45) is 0 Å². The predicted octanol–water partition coefficient (Wildman–Crippen LogP) is 4.83. The molecule has 126 valence electrons. The Bertz CT molecular complexity index is 382. The molecule has 0 aromatic carbocycles. The maximum atomic E-state index is 12.3. The fourth-order valence-corrected chi connectivity index (χ4v) is 2.45. The quantitative estimate of drug-likeness (QED) is 0.602.